The molecular formula is C18H29ClN3O+. The van der Waals surface area contributed by atoms with Gasteiger partial charge in [0.2, 0.25) is 0 Å². The highest BCUT2D eigenvalue weighted by atomic mass is 35.5. The zero-order chi connectivity index (χ0) is 16.8. The van der Waals surface area contributed by atoms with E-state index in [2.05, 4.69) is 37.1 Å². The van der Waals surface area contributed by atoms with Gasteiger partial charge in [-0.25, -0.2) is 0 Å². The number of piperazine rings is 1. The highest BCUT2D eigenvalue weighted by molar-refractivity contribution is 6.30. The summed E-state index contributed by atoms with van der Waals surface area (Å²) in [7, 11) is 0. The molecule has 1 aliphatic rings. The minimum Gasteiger partial charge on any atom is -0.360 e. The second-order valence-corrected chi connectivity index (χ2v) is 7.04. The number of nitrogens with one attached hydrogen (secondary N) is 2. The first-order valence-electron chi connectivity index (χ1n) is 8.63. The summed E-state index contributed by atoms with van der Waals surface area (Å²) in [5.74, 6) is 0.174. The molecule has 2 rings (SSSR count). The van der Waals surface area contributed by atoms with E-state index in [-0.39, 0.29) is 11.9 Å². The maximum Gasteiger partial charge on any atom is 0.275 e. The third kappa shape index (κ3) is 5.40. The fourth-order valence-corrected chi connectivity index (χ4v) is 3.39. The van der Waals surface area contributed by atoms with Crippen molar-refractivity contribution in [3.05, 3.63) is 28.8 Å². The highest BCUT2D eigenvalue weighted by Gasteiger charge is 2.23. The van der Waals surface area contributed by atoms with Crippen LogP contribution in [0.2, 0.25) is 5.02 Å². The zero-order valence-corrected chi connectivity index (χ0v) is 15.2. The Morgan fingerprint density at radius 2 is 2.09 bits per heavy atom. The Morgan fingerprint density at radius 3 is 2.74 bits per heavy atom. The summed E-state index contributed by atoms with van der Waals surface area (Å²) >= 11 is 6.12. The van der Waals surface area contributed by atoms with Gasteiger partial charge in [-0.15, -0.1) is 0 Å². The largest absolute Gasteiger partial charge is 0.360 e. The minimum absolute atomic E-state index is 0.174. The summed E-state index contributed by atoms with van der Waals surface area (Å²) in [5.41, 5.74) is 2.47. The smallest absolute Gasteiger partial charge is 0.275 e. The first kappa shape index (κ1) is 18.1. The molecule has 5 heteroatoms. The Bertz CT molecular complexity index is 527. The van der Waals surface area contributed by atoms with Crippen LogP contribution in [0.4, 0.5) is 5.69 Å². The molecule has 1 aliphatic heterocycles. The first-order valence-corrected chi connectivity index (χ1v) is 9.01. The minimum atomic E-state index is 0.174. The average Bonchev–Trinajstić information content (AvgIpc) is 2.50. The lowest BCUT2D eigenvalue weighted by molar-refractivity contribution is -0.892. The molecule has 0 bridgehead atoms. The molecule has 1 amide bonds. The summed E-state index contributed by atoms with van der Waals surface area (Å²) in [4.78, 5) is 15.8. The molecule has 1 saturated heterocycles. The molecule has 1 fully saturated rings. The maximum atomic E-state index is 12.1. The number of hydrogen-bond donors (Lipinski definition) is 2. The normalized spacial score (nSPS) is 17.1. The van der Waals surface area contributed by atoms with Gasteiger partial charge in [-0.3, -0.25) is 4.79 Å². The highest BCUT2D eigenvalue weighted by Crippen LogP contribution is 2.24. The van der Waals surface area contributed by atoms with Crippen LogP contribution in [0.5, 0.6) is 0 Å². The molecule has 4 nitrogen and oxygen atoms in total. The number of nitrogens with zero attached hydrogens (tertiary/aromatic N) is 1. The van der Waals surface area contributed by atoms with Crippen LogP contribution in [-0.2, 0) is 4.79 Å². The maximum absolute atomic E-state index is 12.1. The lowest BCUT2D eigenvalue weighted by Gasteiger charge is -2.34. The van der Waals surface area contributed by atoms with Crippen molar-refractivity contribution in [2.24, 2.45) is 0 Å². The van der Waals surface area contributed by atoms with Gasteiger partial charge in [0, 0.05) is 16.8 Å². The Hall–Kier alpha value is -1.26. The standard InChI is InChI=1S/C18H28ClN3O/c1-4-5-15(3)20-18(23)13-21-8-10-22(11-9-21)17-12-16(19)7-6-14(17)2/h6-7,12,15H,4-5,8-11,13H2,1-3H3,(H,20,23)/p+1/t15-/m1/s1. The number of aryl methyl sites for hydroxylation is 1. The number of rotatable bonds is 6. The zero-order valence-electron chi connectivity index (χ0n) is 14.5. The molecule has 2 N–H and O–H groups in total. The van der Waals surface area contributed by atoms with Crippen LogP contribution in [0.25, 0.3) is 0 Å². The molecule has 1 aromatic rings. The summed E-state index contributed by atoms with van der Waals surface area (Å²) in [6.07, 6.45) is 2.15. The van der Waals surface area contributed by atoms with Gasteiger partial charge in [-0.2, -0.15) is 0 Å². The second kappa shape index (κ2) is 8.55. The number of carbonyl (C=O) groups excluding carboxylic acids is 1. The molecule has 0 unspecified atom stereocenters. The Kier molecular flexibility index (Phi) is 6.72. The van der Waals surface area contributed by atoms with E-state index >= 15 is 0 Å². The molecule has 0 radical (unpaired) electrons. The second-order valence-electron chi connectivity index (χ2n) is 6.60. The quantitative estimate of drug-likeness (QED) is 0.827. The molecule has 128 valence electrons. The number of amides is 1. The van der Waals surface area contributed by atoms with Crippen LogP contribution in [-0.4, -0.2) is 44.7 Å². The van der Waals surface area contributed by atoms with Gasteiger partial charge in [0.1, 0.15) is 0 Å². The van der Waals surface area contributed by atoms with Crippen molar-refractivity contribution in [3.63, 3.8) is 0 Å². The van der Waals surface area contributed by atoms with Crippen LogP contribution < -0.4 is 15.1 Å². The number of benzene rings is 1. The van der Waals surface area contributed by atoms with Gasteiger partial charge in [-0.1, -0.05) is 31.0 Å². The monoisotopic (exact) mass is 338 g/mol. The SMILES string of the molecule is CCC[C@@H](C)NC(=O)C[NH+]1CCN(c2cc(Cl)ccc2C)CC1. The Morgan fingerprint density at radius 1 is 1.39 bits per heavy atom. The number of anilines is 1. The molecule has 1 aromatic carbocycles. The summed E-state index contributed by atoms with van der Waals surface area (Å²) in [6.45, 7) is 10.8. The number of hydrogen-bond acceptors (Lipinski definition) is 2. The van der Waals surface area contributed by atoms with Gasteiger partial charge in [0.15, 0.2) is 6.54 Å². The van der Waals surface area contributed by atoms with Gasteiger partial charge >= 0.3 is 0 Å². The van der Waals surface area contributed by atoms with E-state index in [4.69, 9.17) is 11.6 Å². The molecule has 1 heterocycles. The lowest BCUT2D eigenvalue weighted by Crippen LogP contribution is -3.16. The van der Waals surface area contributed by atoms with Gasteiger partial charge in [0.25, 0.3) is 5.91 Å². The summed E-state index contributed by atoms with van der Waals surface area (Å²) in [5, 5.41) is 3.88. The van der Waals surface area contributed by atoms with Crippen molar-refractivity contribution >= 4 is 23.2 Å². The fourth-order valence-electron chi connectivity index (χ4n) is 3.22. The van der Waals surface area contributed by atoms with E-state index < -0.39 is 0 Å². The number of halogens is 1. The first-order chi connectivity index (χ1) is 11.0. The molecular weight excluding hydrogens is 310 g/mol. The molecule has 1 atom stereocenters. The third-order valence-electron chi connectivity index (χ3n) is 4.52. The topological polar surface area (TPSA) is 36.8 Å². The molecule has 0 saturated carbocycles. The van der Waals surface area contributed by atoms with E-state index in [0.717, 1.165) is 44.0 Å². The predicted molar refractivity (Wildman–Crippen MR) is 96.5 cm³/mol. The van der Waals surface area contributed by atoms with Crippen molar-refractivity contribution in [1.82, 2.24) is 5.32 Å². The van der Waals surface area contributed by atoms with E-state index in [1.807, 2.05) is 12.1 Å². The Balaban J connectivity index is 1.82. The molecule has 0 aliphatic carbocycles. The predicted octanol–water partition coefficient (Wildman–Crippen LogP) is 1.66. The van der Waals surface area contributed by atoms with E-state index in [1.54, 1.807) is 0 Å². The van der Waals surface area contributed by atoms with Crippen molar-refractivity contribution in [2.75, 3.05) is 37.6 Å². The van der Waals surface area contributed by atoms with Crippen molar-refractivity contribution in [3.8, 4) is 0 Å². The summed E-state index contributed by atoms with van der Waals surface area (Å²) < 4.78 is 0. The van der Waals surface area contributed by atoms with E-state index in [9.17, 15) is 4.79 Å². The van der Waals surface area contributed by atoms with Crippen molar-refractivity contribution < 1.29 is 9.69 Å². The van der Waals surface area contributed by atoms with Gasteiger partial charge in [-0.05, 0) is 38.0 Å². The number of carbonyl (C=O) groups is 1. The van der Waals surface area contributed by atoms with Crippen molar-refractivity contribution in [1.29, 1.82) is 0 Å². The van der Waals surface area contributed by atoms with Crippen LogP contribution in [0.15, 0.2) is 18.2 Å². The van der Waals surface area contributed by atoms with Crippen LogP contribution >= 0.6 is 11.6 Å². The van der Waals surface area contributed by atoms with Crippen LogP contribution in [0.1, 0.15) is 32.3 Å². The van der Waals surface area contributed by atoms with Crippen LogP contribution in [0.3, 0.4) is 0 Å². The summed E-state index contributed by atoms with van der Waals surface area (Å²) in [6, 6.07) is 6.33. The molecule has 23 heavy (non-hydrogen) atoms. The molecule has 0 aromatic heterocycles. The van der Waals surface area contributed by atoms with Gasteiger partial charge < -0.3 is 15.1 Å². The average molecular weight is 339 g/mol. The molecule has 0 spiro atoms. The van der Waals surface area contributed by atoms with E-state index in [0.29, 0.717) is 6.54 Å². The van der Waals surface area contributed by atoms with E-state index in [1.165, 1.54) is 16.2 Å². The lowest BCUT2D eigenvalue weighted by atomic mass is 10.1. The van der Waals surface area contributed by atoms with Crippen LogP contribution in [0, 0.1) is 6.92 Å². The van der Waals surface area contributed by atoms with Gasteiger partial charge in [0.05, 0.1) is 26.2 Å². The van der Waals surface area contributed by atoms with Crippen molar-refractivity contribution in [2.45, 2.75) is 39.7 Å². The third-order valence-corrected chi connectivity index (χ3v) is 4.76. The number of quaternary nitrogens is 1. The Labute approximate surface area is 144 Å². The fraction of sp³-hybridized carbons (Fsp3) is 0.611.